The van der Waals surface area contributed by atoms with Gasteiger partial charge in [-0.1, -0.05) is 30.3 Å². The van der Waals surface area contributed by atoms with Crippen LogP contribution in [0.2, 0.25) is 0 Å². The molecule has 0 saturated carbocycles. The van der Waals surface area contributed by atoms with Crippen molar-refractivity contribution in [3.05, 3.63) is 35.9 Å². The lowest BCUT2D eigenvalue weighted by Crippen LogP contribution is -2.62. The highest BCUT2D eigenvalue weighted by molar-refractivity contribution is 5.15. The first kappa shape index (κ1) is 11.6. The van der Waals surface area contributed by atoms with E-state index in [9.17, 15) is 0 Å². The third kappa shape index (κ3) is 2.28. The normalized spacial score (nSPS) is 25.6. The fourth-order valence-electron chi connectivity index (χ4n) is 2.31. The van der Waals surface area contributed by atoms with Gasteiger partial charge in [-0.3, -0.25) is 4.90 Å². The molecule has 1 aromatic rings. The molecule has 1 aliphatic heterocycles. The molecule has 2 rings (SSSR count). The molecule has 1 saturated heterocycles. The summed E-state index contributed by atoms with van der Waals surface area (Å²) in [6.07, 6.45) is 0. The topological polar surface area (TPSA) is 15.3 Å². The molecule has 0 spiro atoms. The maximum atomic E-state index is 3.55. The molecule has 1 aromatic carbocycles. The van der Waals surface area contributed by atoms with Crippen LogP contribution in [0.3, 0.4) is 0 Å². The van der Waals surface area contributed by atoms with E-state index in [1.165, 1.54) is 5.56 Å². The summed E-state index contributed by atoms with van der Waals surface area (Å²) in [4.78, 5) is 2.57. The van der Waals surface area contributed by atoms with E-state index in [-0.39, 0.29) is 5.54 Å². The summed E-state index contributed by atoms with van der Waals surface area (Å²) in [7, 11) is 0. The minimum Gasteiger partial charge on any atom is -0.311 e. The van der Waals surface area contributed by atoms with Crippen LogP contribution >= 0.6 is 0 Å². The van der Waals surface area contributed by atoms with E-state index in [1.807, 2.05) is 0 Å². The Morgan fingerprint density at radius 2 is 2.00 bits per heavy atom. The van der Waals surface area contributed by atoms with Crippen molar-refractivity contribution in [3.8, 4) is 0 Å². The molecule has 1 aliphatic rings. The van der Waals surface area contributed by atoms with Crippen LogP contribution in [0.5, 0.6) is 0 Å². The number of hydrogen-bond acceptors (Lipinski definition) is 2. The van der Waals surface area contributed by atoms with Crippen molar-refractivity contribution >= 4 is 0 Å². The molecule has 0 aliphatic carbocycles. The van der Waals surface area contributed by atoms with E-state index in [1.54, 1.807) is 0 Å². The van der Waals surface area contributed by atoms with Crippen molar-refractivity contribution in [2.75, 3.05) is 13.1 Å². The van der Waals surface area contributed by atoms with E-state index in [0.717, 1.165) is 19.6 Å². The molecule has 1 N–H and O–H groups in total. The van der Waals surface area contributed by atoms with Crippen LogP contribution in [0.25, 0.3) is 0 Å². The van der Waals surface area contributed by atoms with E-state index in [4.69, 9.17) is 0 Å². The average Bonchev–Trinajstić information content (AvgIpc) is 2.27. The zero-order valence-corrected chi connectivity index (χ0v) is 10.5. The second-order valence-corrected chi connectivity index (χ2v) is 5.24. The molecule has 1 fully saturated rings. The Balaban J connectivity index is 2.09. The van der Waals surface area contributed by atoms with Crippen LogP contribution in [0.15, 0.2) is 30.3 Å². The van der Waals surface area contributed by atoms with Gasteiger partial charge < -0.3 is 5.32 Å². The van der Waals surface area contributed by atoms with Crippen LogP contribution in [-0.4, -0.2) is 29.6 Å². The number of rotatable bonds is 2. The van der Waals surface area contributed by atoms with Crippen LogP contribution < -0.4 is 5.32 Å². The van der Waals surface area contributed by atoms with E-state index >= 15 is 0 Å². The Bertz CT molecular complexity index is 332. The van der Waals surface area contributed by atoms with Crippen molar-refractivity contribution in [3.63, 3.8) is 0 Å². The van der Waals surface area contributed by atoms with Crippen LogP contribution in [0.4, 0.5) is 0 Å². The van der Waals surface area contributed by atoms with Crippen molar-refractivity contribution in [1.82, 2.24) is 10.2 Å². The standard InChI is InChI=1S/C14H22N2/c1-12-14(2,3)16(10-9-15-12)11-13-7-5-4-6-8-13/h4-8,12,15H,9-11H2,1-3H3. The zero-order chi connectivity index (χ0) is 11.6. The molecule has 88 valence electrons. The van der Waals surface area contributed by atoms with Crippen molar-refractivity contribution in [2.45, 2.75) is 38.9 Å². The second kappa shape index (κ2) is 4.56. The monoisotopic (exact) mass is 218 g/mol. The quantitative estimate of drug-likeness (QED) is 0.819. The van der Waals surface area contributed by atoms with Gasteiger partial charge in [0.1, 0.15) is 0 Å². The largest absolute Gasteiger partial charge is 0.311 e. The number of nitrogens with one attached hydrogen (secondary N) is 1. The molecule has 2 heteroatoms. The van der Waals surface area contributed by atoms with Gasteiger partial charge in [-0.15, -0.1) is 0 Å². The maximum absolute atomic E-state index is 3.55. The Kier molecular flexibility index (Phi) is 3.31. The SMILES string of the molecule is CC1NCCN(Cc2ccccc2)C1(C)C. The molecule has 1 atom stereocenters. The number of nitrogens with zero attached hydrogens (tertiary/aromatic N) is 1. The first-order chi connectivity index (χ1) is 7.60. The summed E-state index contributed by atoms with van der Waals surface area (Å²) in [5.74, 6) is 0. The molecule has 0 bridgehead atoms. The summed E-state index contributed by atoms with van der Waals surface area (Å²) >= 11 is 0. The lowest BCUT2D eigenvalue weighted by Gasteiger charge is -2.47. The fourth-order valence-corrected chi connectivity index (χ4v) is 2.31. The Hall–Kier alpha value is -0.860. The molecule has 0 radical (unpaired) electrons. The van der Waals surface area contributed by atoms with Crippen molar-refractivity contribution in [2.24, 2.45) is 0 Å². The fraction of sp³-hybridized carbons (Fsp3) is 0.571. The van der Waals surface area contributed by atoms with Gasteiger partial charge in [-0.05, 0) is 26.3 Å². The Morgan fingerprint density at radius 3 is 2.69 bits per heavy atom. The summed E-state index contributed by atoms with van der Waals surface area (Å²) < 4.78 is 0. The summed E-state index contributed by atoms with van der Waals surface area (Å²) in [5.41, 5.74) is 1.64. The van der Waals surface area contributed by atoms with E-state index in [2.05, 4.69) is 61.3 Å². The molecule has 1 unspecified atom stereocenters. The van der Waals surface area contributed by atoms with Gasteiger partial charge in [-0.25, -0.2) is 0 Å². The minimum absolute atomic E-state index is 0.230. The Labute approximate surface area is 98.7 Å². The smallest absolute Gasteiger partial charge is 0.0307 e. The van der Waals surface area contributed by atoms with Crippen LogP contribution in [-0.2, 0) is 6.54 Å². The lowest BCUT2D eigenvalue weighted by molar-refractivity contribution is 0.0479. The van der Waals surface area contributed by atoms with Gasteiger partial charge in [0.05, 0.1) is 0 Å². The summed E-state index contributed by atoms with van der Waals surface area (Å²) in [6.45, 7) is 10.2. The molecular formula is C14H22N2. The van der Waals surface area contributed by atoms with Gasteiger partial charge >= 0.3 is 0 Å². The molecule has 0 aromatic heterocycles. The lowest BCUT2D eigenvalue weighted by atomic mass is 9.91. The predicted molar refractivity (Wildman–Crippen MR) is 68.4 cm³/mol. The summed E-state index contributed by atoms with van der Waals surface area (Å²) in [6, 6.07) is 11.3. The first-order valence-electron chi connectivity index (χ1n) is 6.13. The van der Waals surface area contributed by atoms with E-state index in [0.29, 0.717) is 6.04 Å². The molecule has 2 nitrogen and oxygen atoms in total. The summed E-state index contributed by atoms with van der Waals surface area (Å²) in [5, 5.41) is 3.55. The van der Waals surface area contributed by atoms with Crippen LogP contribution in [0, 0.1) is 0 Å². The third-order valence-corrected chi connectivity index (χ3v) is 3.92. The molecule has 1 heterocycles. The Morgan fingerprint density at radius 1 is 1.31 bits per heavy atom. The van der Waals surface area contributed by atoms with Crippen LogP contribution in [0.1, 0.15) is 26.3 Å². The second-order valence-electron chi connectivity index (χ2n) is 5.24. The molecular weight excluding hydrogens is 196 g/mol. The highest BCUT2D eigenvalue weighted by atomic mass is 15.3. The number of benzene rings is 1. The first-order valence-corrected chi connectivity index (χ1v) is 6.13. The highest BCUT2D eigenvalue weighted by Crippen LogP contribution is 2.23. The van der Waals surface area contributed by atoms with Gasteiger partial charge in [-0.2, -0.15) is 0 Å². The van der Waals surface area contributed by atoms with Gasteiger partial charge in [0.25, 0.3) is 0 Å². The maximum Gasteiger partial charge on any atom is 0.0307 e. The van der Waals surface area contributed by atoms with Crippen molar-refractivity contribution in [1.29, 1.82) is 0 Å². The number of piperazine rings is 1. The molecule has 0 amide bonds. The number of hydrogen-bond donors (Lipinski definition) is 1. The third-order valence-electron chi connectivity index (χ3n) is 3.92. The zero-order valence-electron chi connectivity index (χ0n) is 10.5. The van der Waals surface area contributed by atoms with Gasteiger partial charge in [0.15, 0.2) is 0 Å². The highest BCUT2D eigenvalue weighted by Gasteiger charge is 2.35. The predicted octanol–water partition coefficient (Wildman–Crippen LogP) is 2.26. The van der Waals surface area contributed by atoms with Gasteiger partial charge in [0, 0.05) is 31.2 Å². The van der Waals surface area contributed by atoms with Gasteiger partial charge in [0.2, 0.25) is 0 Å². The average molecular weight is 218 g/mol. The van der Waals surface area contributed by atoms with Crippen molar-refractivity contribution < 1.29 is 0 Å². The van der Waals surface area contributed by atoms with E-state index < -0.39 is 0 Å². The molecule has 16 heavy (non-hydrogen) atoms. The minimum atomic E-state index is 0.230.